The lowest BCUT2D eigenvalue weighted by atomic mass is 9.89. The fraction of sp³-hybridized carbons (Fsp3) is 0.226. The fourth-order valence-electron chi connectivity index (χ4n) is 4.91. The van der Waals surface area contributed by atoms with Crippen LogP contribution in [0.2, 0.25) is 0 Å². The van der Waals surface area contributed by atoms with Gasteiger partial charge in [-0.25, -0.2) is 9.78 Å². The molecule has 1 fully saturated rings. The first kappa shape index (κ1) is 25.0. The summed E-state index contributed by atoms with van der Waals surface area (Å²) in [6.45, 7) is 0.476. The lowest BCUT2D eigenvalue weighted by Crippen LogP contribution is -2.48. The van der Waals surface area contributed by atoms with Gasteiger partial charge in [-0.3, -0.25) is 9.88 Å². The Hall–Kier alpha value is -4.70. The highest BCUT2D eigenvalue weighted by molar-refractivity contribution is 5.93. The Kier molecular flexibility index (Phi) is 7.90. The maximum absolute atomic E-state index is 13.6. The molecule has 5 rings (SSSR count). The van der Waals surface area contributed by atoms with Crippen LogP contribution in [0.4, 0.5) is 16.3 Å². The molecule has 1 saturated carbocycles. The van der Waals surface area contributed by atoms with Gasteiger partial charge in [-0.1, -0.05) is 48.5 Å². The number of nitrogens with one attached hydrogen (secondary N) is 2. The van der Waals surface area contributed by atoms with E-state index < -0.39 is 0 Å². The number of nitriles is 1. The highest BCUT2D eigenvalue weighted by Crippen LogP contribution is 2.30. The molecule has 190 valence electrons. The van der Waals surface area contributed by atoms with Crippen LogP contribution in [-0.4, -0.2) is 28.1 Å². The first-order valence-corrected chi connectivity index (χ1v) is 12.9. The van der Waals surface area contributed by atoms with Crippen LogP contribution in [0.3, 0.4) is 0 Å². The number of amides is 2. The Morgan fingerprint density at radius 1 is 0.895 bits per heavy atom. The normalized spacial score (nSPS) is 16.7. The molecule has 7 nitrogen and oxygen atoms in total. The van der Waals surface area contributed by atoms with E-state index in [1.165, 1.54) is 0 Å². The molecule has 2 N–H and O–H groups in total. The second-order valence-corrected chi connectivity index (χ2v) is 9.47. The first-order valence-electron chi connectivity index (χ1n) is 12.9. The van der Waals surface area contributed by atoms with Crippen molar-refractivity contribution in [3.8, 4) is 17.3 Å². The molecule has 0 saturated heterocycles. The van der Waals surface area contributed by atoms with Crippen LogP contribution < -0.4 is 15.5 Å². The standard InChI is InChI=1S/C31H30N6O/c32-20-24-9-18-30(34-22-24)36-26-12-16-28(17-13-26)37(31(38)35-21-23-6-2-1-3-7-23)27-14-10-25(11-15-27)29-8-4-5-19-33-29/h1-11,14-15,18-19,22,26,28H,12-13,16-17,21H2,(H,34,36)(H,35,38)/t26-,28-. The van der Waals surface area contributed by atoms with Gasteiger partial charge in [0, 0.05) is 42.3 Å². The van der Waals surface area contributed by atoms with Crippen LogP contribution >= 0.6 is 0 Å². The number of rotatable bonds is 7. The smallest absolute Gasteiger partial charge is 0.322 e. The van der Waals surface area contributed by atoms with Crippen molar-refractivity contribution >= 4 is 17.5 Å². The number of anilines is 2. The molecule has 0 spiro atoms. The van der Waals surface area contributed by atoms with E-state index in [0.717, 1.165) is 54.0 Å². The Bertz CT molecular complexity index is 1360. The molecule has 0 unspecified atom stereocenters. The number of nitrogens with zero attached hydrogens (tertiary/aromatic N) is 4. The van der Waals surface area contributed by atoms with E-state index >= 15 is 0 Å². The van der Waals surface area contributed by atoms with Crippen LogP contribution in [-0.2, 0) is 6.54 Å². The molecule has 0 radical (unpaired) electrons. The van der Waals surface area contributed by atoms with Crippen LogP contribution in [0.15, 0.2) is 97.3 Å². The molecular formula is C31H30N6O. The van der Waals surface area contributed by atoms with Crippen molar-refractivity contribution in [3.63, 3.8) is 0 Å². The van der Waals surface area contributed by atoms with Crippen LogP contribution in [0.25, 0.3) is 11.3 Å². The maximum atomic E-state index is 13.6. The molecule has 2 aromatic carbocycles. The Balaban J connectivity index is 1.29. The van der Waals surface area contributed by atoms with Gasteiger partial charge >= 0.3 is 6.03 Å². The van der Waals surface area contributed by atoms with E-state index in [1.807, 2.05) is 83.8 Å². The lowest BCUT2D eigenvalue weighted by molar-refractivity contribution is 0.240. The quantitative estimate of drug-likeness (QED) is 0.316. The van der Waals surface area contributed by atoms with Crippen LogP contribution in [0.1, 0.15) is 36.8 Å². The summed E-state index contributed by atoms with van der Waals surface area (Å²) in [7, 11) is 0. The molecule has 1 aliphatic rings. The molecule has 4 aromatic rings. The zero-order valence-corrected chi connectivity index (χ0v) is 21.1. The molecular weight excluding hydrogens is 472 g/mol. The topological polar surface area (TPSA) is 93.9 Å². The van der Waals surface area contributed by atoms with E-state index in [2.05, 4.69) is 26.7 Å². The minimum atomic E-state index is -0.0930. The van der Waals surface area contributed by atoms with Crippen molar-refractivity contribution < 1.29 is 4.79 Å². The first-order chi connectivity index (χ1) is 18.7. The summed E-state index contributed by atoms with van der Waals surface area (Å²) in [5.74, 6) is 0.773. The summed E-state index contributed by atoms with van der Waals surface area (Å²) in [5, 5.41) is 15.6. The van der Waals surface area contributed by atoms with E-state index in [4.69, 9.17) is 5.26 Å². The fourth-order valence-corrected chi connectivity index (χ4v) is 4.91. The third kappa shape index (κ3) is 6.16. The van der Waals surface area contributed by atoms with E-state index in [-0.39, 0.29) is 18.1 Å². The minimum absolute atomic E-state index is 0.0819. The van der Waals surface area contributed by atoms with Gasteiger partial charge in [0.1, 0.15) is 11.9 Å². The van der Waals surface area contributed by atoms with Crippen molar-refractivity contribution in [1.82, 2.24) is 15.3 Å². The van der Waals surface area contributed by atoms with Crippen LogP contribution in [0.5, 0.6) is 0 Å². The number of carbonyl (C=O) groups excluding carboxylic acids is 1. The predicted octanol–water partition coefficient (Wildman–Crippen LogP) is 6.15. The van der Waals surface area contributed by atoms with Gasteiger partial charge < -0.3 is 10.6 Å². The van der Waals surface area contributed by atoms with Crippen molar-refractivity contribution in [2.75, 3.05) is 10.2 Å². The zero-order valence-electron chi connectivity index (χ0n) is 21.1. The SMILES string of the molecule is N#Cc1ccc(N[C@H]2CC[C@H](N(C(=O)NCc3ccccc3)c3ccc(-c4ccccn4)cc3)CC2)nc1. The van der Waals surface area contributed by atoms with Crippen molar-refractivity contribution in [2.24, 2.45) is 0 Å². The minimum Gasteiger partial charge on any atom is -0.367 e. The zero-order chi connectivity index (χ0) is 26.2. The van der Waals surface area contributed by atoms with Crippen LogP contribution in [0, 0.1) is 11.3 Å². The average molecular weight is 503 g/mol. The van der Waals surface area contributed by atoms with Gasteiger partial charge in [0.25, 0.3) is 0 Å². The second-order valence-electron chi connectivity index (χ2n) is 9.47. The molecule has 7 heteroatoms. The monoisotopic (exact) mass is 502 g/mol. The molecule has 2 amide bonds. The van der Waals surface area contributed by atoms with Gasteiger partial charge in [0.2, 0.25) is 0 Å². The van der Waals surface area contributed by atoms with Gasteiger partial charge in [0.15, 0.2) is 0 Å². The third-order valence-electron chi connectivity index (χ3n) is 6.92. The second kappa shape index (κ2) is 12.0. The average Bonchev–Trinajstić information content (AvgIpc) is 2.99. The molecule has 0 atom stereocenters. The molecule has 1 aliphatic carbocycles. The van der Waals surface area contributed by atoms with E-state index in [1.54, 1.807) is 18.5 Å². The number of pyridine rings is 2. The summed E-state index contributed by atoms with van der Waals surface area (Å²) in [6.07, 6.45) is 6.94. The van der Waals surface area contributed by atoms with Crippen molar-refractivity contribution in [2.45, 2.75) is 44.3 Å². The number of urea groups is 1. The molecule has 0 bridgehead atoms. The largest absolute Gasteiger partial charge is 0.367 e. The van der Waals surface area contributed by atoms with Crippen molar-refractivity contribution in [3.05, 3.63) is 108 Å². The molecule has 2 heterocycles. The van der Waals surface area contributed by atoms with Gasteiger partial charge in [0.05, 0.1) is 11.3 Å². The maximum Gasteiger partial charge on any atom is 0.322 e. The molecule has 0 aliphatic heterocycles. The summed E-state index contributed by atoms with van der Waals surface area (Å²) in [6, 6.07) is 29.9. The van der Waals surface area contributed by atoms with Gasteiger partial charge in [-0.15, -0.1) is 0 Å². The predicted molar refractivity (Wildman–Crippen MR) is 149 cm³/mol. The molecule has 2 aromatic heterocycles. The van der Waals surface area contributed by atoms with Gasteiger partial charge in [-0.2, -0.15) is 5.26 Å². The highest BCUT2D eigenvalue weighted by Gasteiger charge is 2.30. The number of carbonyl (C=O) groups is 1. The van der Waals surface area contributed by atoms with Gasteiger partial charge in [-0.05, 0) is 67.6 Å². The van der Waals surface area contributed by atoms with Crippen molar-refractivity contribution in [1.29, 1.82) is 5.26 Å². The number of hydrogen-bond acceptors (Lipinski definition) is 5. The number of aromatic nitrogens is 2. The number of hydrogen-bond donors (Lipinski definition) is 2. The summed E-state index contributed by atoms with van der Waals surface area (Å²) in [4.78, 5) is 24.3. The summed E-state index contributed by atoms with van der Waals surface area (Å²) >= 11 is 0. The Labute approximate surface area is 223 Å². The summed E-state index contributed by atoms with van der Waals surface area (Å²) < 4.78 is 0. The lowest BCUT2D eigenvalue weighted by Gasteiger charge is -2.37. The summed E-state index contributed by atoms with van der Waals surface area (Å²) in [5.41, 5.74) is 4.41. The third-order valence-corrected chi connectivity index (χ3v) is 6.92. The highest BCUT2D eigenvalue weighted by atomic mass is 16.2. The molecule has 38 heavy (non-hydrogen) atoms. The Morgan fingerprint density at radius 2 is 1.66 bits per heavy atom. The Morgan fingerprint density at radius 3 is 2.32 bits per heavy atom. The number of benzene rings is 2. The van der Waals surface area contributed by atoms with E-state index in [0.29, 0.717) is 12.1 Å². The van der Waals surface area contributed by atoms with E-state index in [9.17, 15) is 4.79 Å².